The molecule has 0 saturated carbocycles. The zero-order valence-electron chi connectivity index (χ0n) is 11.4. The van der Waals surface area contributed by atoms with E-state index in [9.17, 15) is 9.59 Å². The molecule has 5 nitrogen and oxygen atoms in total. The lowest BCUT2D eigenvalue weighted by atomic mass is 10.2. The largest absolute Gasteiger partial charge is 0.352 e. The van der Waals surface area contributed by atoms with Crippen LogP contribution in [0.2, 0.25) is 0 Å². The standard InChI is InChI=1S/C14H16BrN3O2/c1-3-9(2)17-13(19)7-18-8-16-12-5-4-10(15)6-11(12)14(18)20/h4-6,8-9H,3,7H2,1-2H3,(H,17,19)/t9-/m0/s1. The summed E-state index contributed by atoms with van der Waals surface area (Å²) in [5.74, 6) is -0.183. The minimum Gasteiger partial charge on any atom is -0.352 e. The second kappa shape index (κ2) is 6.17. The molecule has 0 unspecified atom stereocenters. The van der Waals surface area contributed by atoms with Gasteiger partial charge in [-0.1, -0.05) is 22.9 Å². The molecule has 0 spiro atoms. The first kappa shape index (κ1) is 14.7. The fraction of sp³-hybridized carbons (Fsp3) is 0.357. The fourth-order valence-electron chi connectivity index (χ4n) is 1.82. The number of rotatable bonds is 4. The van der Waals surface area contributed by atoms with E-state index in [2.05, 4.69) is 26.2 Å². The normalized spacial score (nSPS) is 12.3. The molecule has 1 N–H and O–H groups in total. The quantitative estimate of drug-likeness (QED) is 0.928. The fourth-order valence-corrected chi connectivity index (χ4v) is 2.18. The van der Waals surface area contributed by atoms with Gasteiger partial charge in [-0.05, 0) is 31.5 Å². The maximum atomic E-state index is 12.3. The second-order valence-electron chi connectivity index (χ2n) is 4.72. The van der Waals surface area contributed by atoms with E-state index in [0.29, 0.717) is 10.9 Å². The van der Waals surface area contributed by atoms with E-state index in [1.165, 1.54) is 10.9 Å². The van der Waals surface area contributed by atoms with Gasteiger partial charge >= 0.3 is 0 Å². The van der Waals surface area contributed by atoms with Gasteiger partial charge in [-0.25, -0.2) is 4.98 Å². The third-order valence-electron chi connectivity index (χ3n) is 3.12. The highest BCUT2D eigenvalue weighted by molar-refractivity contribution is 9.10. The number of aromatic nitrogens is 2. The van der Waals surface area contributed by atoms with Crippen molar-refractivity contribution in [2.45, 2.75) is 32.9 Å². The van der Waals surface area contributed by atoms with Crippen LogP contribution in [0.25, 0.3) is 10.9 Å². The molecule has 1 aromatic heterocycles. The lowest BCUT2D eigenvalue weighted by Gasteiger charge is -2.12. The van der Waals surface area contributed by atoms with E-state index < -0.39 is 0 Å². The van der Waals surface area contributed by atoms with Gasteiger partial charge in [0.2, 0.25) is 5.91 Å². The summed E-state index contributed by atoms with van der Waals surface area (Å²) in [4.78, 5) is 28.3. The van der Waals surface area contributed by atoms with Crippen molar-refractivity contribution >= 4 is 32.7 Å². The molecule has 2 aromatic rings. The molecule has 0 radical (unpaired) electrons. The summed E-state index contributed by atoms with van der Waals surface area (Å²) in [6, 6.07) is 5.41. The first-order valence-electron chi connectivity index (χ1n) is 6.45. The van der Waals surface area contributed by atoms with Crippen molar-refractivity contribution in [3.63, 3.8) is 0 Å². The summed E-state index contributed by atoms with van der Waals surface area (Å²) in [6.45, 7) is 3.90. The lowest BCUT2D eigenvalue weighted by molar-refractivity contribution is -0.122. The first-order valence-corrected chi connectivity index (χ1v) is 7.24. The Morgan fingerprint density at radius 1 is 1.50 bits per heavy atom. The molecule has 20 heavy (non-hydrogen) atoms. The Morgan fingerprint density at radius 3 is 2.95 bits per heavy atom. The van der Waals surface area contributed by atoms with Gasteiger partial charge in [0, 0.05) is 10.5 Å². The molecule has 1 heterocycles. The van der Waals surface area contributed by atoms with Crippen molar-refractivity contribution in [3.05, 3.63) is 39.4 Å². The Bertz CT molecular complexity index is 696. The van der Waals surface area contributed by atoms with Crippen molar-refractivity contribution < 1.29 is 4.79 Å². The molecule has 0 fully saturated rings. The number of nitrogens with one attached hydrogen (secondary N) is 1. The highest BCUT2D eigenvalue weighted by atomic mass is 79.9. The topological polar surface area (TPSA) is 64.0 Å². The highest BCUT2D eigenvalue weighted by Gasteiger charge is 2.10. The Labute approximate surface area is 125 Å². The number of benzene rings is 1. The summed E-state index contributed by atoms with van der Waals surface area (Å²) in [5, 5.41) is 3.33. The summed E-state index contributed by atoms with van der Waals surface area (Å²) >= 11 is 3.33. The van der Waals surface area contributed by atoms with Gasteiger partial charge in [-0.15, -0.1) is 0 Å². The van der Waals surface area contributed by atoms with Crippen LogP contribution in [0.5, 0.6) is 0 Å². The number of hydrogen-bond acceptors (Lipinski definition) is 3. The zero-order valence-corrected chi connectivity index (χ0v) is 13.0. The van der Waals surface area contributed by atoms with Crippen LogP contribution < -0.4 is 10.9 Å². The summed E-state index contributed by atoms with van der Waals surface area (Å²) in [6.07, 6.45) is 2.26. The van der Waals surface area contributed by atoms with Gasteiger partial charge in [0.15, 0.2) is 0 Å². The number of carbonyl (C=O) groups excluding carboxylic acids is 1. The number of amides is 1. The van der Waals surface area contributed by atoms with Crippen molar-refractivity contribution in [1.29, 1.82) is 0 Å². The van der Waals surface area contributed by atoms with E-state index in [1.54, 1.807) is 12.1 Å². The van der Waals surface area contributed by atoms with Crippen LogP contribution in [0.15, 0.2) is 33.8 Å². The molecule has 0 aliphatic rings. The maximum Gasteiger partial charge on any atom is 0.261 e. The minimum atomic E-state index is -0.212. The van der Waals surface area contributed by atoms with Crippen LogP contribution in [-0.4, -0.2) is 21.5 Å². The SMILES string of the molecule is CC[C@H](C)NC(=O)Cn1cnc2ccc(Br)cc2c1=O. The Hall–Kier alpha value is -1.69. The molecule has 1 atom stereocenters. The van der Waals surface area contributed by atoms with E-state index in [0.717, 1.165) is 10.9 Å². The molecule has 2 rings (SSSR count). The van der Waals surface area contributed by atoms with Crippen LogP contribution in [-0.2, 0) is 11.3 Å². The van der Waals surface area contributed by atoms with Crippen molar-refractivity contribution in [2.75, 3.05) is 0 Å². The molecule has 0 saturated heterocycles. The van der Waals surface area contributed by atoms with Crippen molar-refractivity contribution in [1.82, 2.24) is 14.9 Å². The second-order valence-corrected chi connectivity index (χ2v) is 5.63. The van der Waals surface area contributed by atoms with Crippen LogP contribution in [0.4, 0.5) is 0 Å². The summed E-state index contributed by atoms with van der Waals surface area (Å²) in [7, 11) is 0. The van der Waals surface area contributed by atoms with Crippen LogP contribution >= 0.6 is 15.9 Å². The summed E-state index contributed by atoms with van der Waals surface area (Å²) in [5.41, 5.74) is 0.410. The van der Waals surface area contributed by atoms with Crippen molar-refractivity contribution in [2.24, 2.45) is 0 Å². The third kappa shape index (κ3) is 3.25. The zero-order chi connectivity index (χ0) is 14.7. The van der Waals surface area contributed by atoms with E-state index in [4.69, 9.17) is 0 Å². The molecular formula is C14H16BrN3O2. The molecule has 6 heteroatoms. The average Bonchev–Trinajstić information content (AvgIpc) is 2.42. The monoisotopic (exact) mass is 337 g/mol. The Balaban J connectivity index is 2.29. The van der Waals surface area contributed by atoms with Crippen LogP contribution in [0.1, 0.15) is 20.3 Å². The van der Waals surface area contributed by atoms with Crippen LogP contribution in [0, 0.1) is 0 Å². The number of halogens is 1. The van der Waals surface area contributed by atoms with Gasteiger partial charge in [-0.2, -0.15) is 0 Å². The lowest BCUT2D eigenvalue weighted by Crippen LogP contribution is -2.37. The van der Waals surface area contributed by atoms with Crippen LogP contribution in [0.3, 0.4) is 0 Å². The van der Waals surface area contributed by atoms with Crippen molar-refractivity contribution in [3.8, 4) is 0 Å². The first-order chi connectivity index (χ1) is 9.51. The predicted octanol–water partition coefficient (Wildman–Crippen LogP) is 2.07. The van der Waals surface area contributed by atoms with E-state index in [-0.39, 0.29) is 24.1 Å². The molecule has 1 amide bonds. The number of hydrogen-bond donors (Lipinski definition) is 1. The minimum absolute atomic E-state index is 0.0153. The maximum absolute atomic E-state index is 12.3. The Morgan fingerprint density at radius 2 is 2.25 bits per heavy atom. The van der Waals surface area contributed by atoms with Gasteiger partial charge in [-0.3, -0.25) is 14.2 Å². The smallest absolute Gasteiger partial charge is 0.261 e. The average molecular weight is 338 g/mol. The van der Waals surface area contributed by atoms with E-state index in [1.807, 2.05) is 19.9 Å². The number of fused-ring (bicyclic) bond motifs is 1. The van der Waals surface area contributed by atoms with Gasteiger partial charge in [0.05, 0.1) is 17.2 Å². The molecular weight excluding hydrogens is 322 g/mol. The molecule has 0 aliphatic carbocycles. The van der Waals surface area contributed by atoms with Gasteiger partial charge < -0.3 is 5.32 Å². The molecule has 106 valence electrons. The van der Waals surface area contributed by atoms with E-state index >= 15 is 0 Å². The molecule has 0 bridgehead atoms. The number of nitrogens with zero attached hydrogens (tertiary/aromatic N) is 2. The molecule has 1 aromatic carbocycles. The summed E-state index contributed by atoms with van der Waals surface area (Å²) < 4.78 is 2.14. The van der Waals surface area contributed by atoms with Gasteiger partial charge in [0.25, 0.3) is 5.56 Å². The highest BCUT2D eigenvalue weighted by Crippen LogP contribution is 2.14. The predicted molar refractivity (Wildman–Crippen MR) is 81.6 cm³/mol. The third-order valence-corrected chi connectivity index (χ3v) is 3.61. The number of carbonyl (C=O) groups is 1. The van der Waals surface area contributed by atoms with Gasteiger partial charge in [0.1, 0.15) is 6.54 Å². The Kier molecular flexibility index (Phi) is 4.54. The molecule has 0 aliphatic heterocycles.